The van der Waals surface area contributed by atoms with Gasteiger partial charge in [0, 0.05) is 17.2 Å². The van der Waals surface area contributed by atoms with Gasteiger partial charge in [-0.05, 0) is 12.0 Å². The van der Waals surface area contributed by atoms with Crippen LogP contribution in [-0.2, 0) is 9.53 Å². The van der Waals surface area contributed by atoms with Crippen LogP contribution in [0.4, 0.5) is 0 Å². The average Bonchev–Trinajstić information content (AvgIpc) is 2.82. The first kappa shape index (κ1) is 22.5. The Bertz CT molecular complexity index is 1030. The molecule has 0 aliphatic carbocycles. The van der Waals surface area contributed by atoms with E-state index in [2.05, 4.69) is 6.92 Å². The Balaban J connectivity index is 2.05. The molecule has 5 nitrogen and oxygen atoms in total. The summed E-state index contributed by atoms with van der Waals surface area (Å²) in [5, 5.41) is 4.71. The first-order valence-electron chi connectivity index (χ1n) is 11.0. The van der Waals surface area contributed by atoms with Gasteiger partial charge < -0.3 is 4.74 Å². The van der Waals surface area contributed by atoms with Crippen LogP contribution in [0.3, 0.4) is 0 Å². The van der Waals surface area contributed by atoms with E-state index in [9.17, 15) is 9.59 Å². The van der Waals surface area contributed by atoms with Gasteiger partial charge in [-0.1, -0.05) is 99.7 Å². The van der Waals surface area contributed by atoms with Crippen LogP contribution in [0.5, 0.6) is 0 Å². The van der Waals surface area contributed by atoms with Gasteiger partial charge in [-0.2, -0.15) is 5.10 Å². The molecule has 0 N–H and O–H groups in total. The molecule has 3 aromatic rings. The van der Waals surface area contributed by atoms with Crippen LogP contribution < -0.4 is 5.56 Å². The van der Waals surface area contributed by atoms with Crippen molar-refractivity contribution in [3.8, 4) is 22.4 Å². The molecule has 0 radical (unpaired) electrons. The highest BCUT2D eigenvalue weighted by atomic mass is 16.5. The maximum atomic E-state index is 13.1. The molecular formula is C26H30N2O3. The van der Waals surface area contributed by atoms with Crippen molar-refractivity contribution >= 4 is 5.97 Å². The van der Waals surface area contributed by atoms with E-state index in [0.717, 1.165) is 42.4 Å². The number of methoxy groups -OCH3 is 1. The molecule has 1 atom stereocenters. The van der Waals surface area contributed by atoms with Gasteiger partial charge in [0.05, 0.1) is 12.8 Å². The summed E-state index contributed by atoms with van der Waals surface area (Å²) in [6.07, 6.45) is 5.84. The standard InChI is InChI=1S/C26H30N2O3/c1-3-4-5-6-13-18-23(26(30)31-2)28-24(29)19-22(20-14-9-7-10-15-20)25(27-28)21-16-11-8-12-17-21/h7-12,14-17,19,23H,3-6,13,18H2,1-2H3. The van der Waals surface area contributed by atoms with Crippen LogP contribution in [0.25, 0.3) is 22.4 Å². The molecule has 0 spiro atoms. The second kappa shape index (κ2) is 11.3. The van der Waals surface area contributed by atoms with Crippen LogP contribution in [0, 0.1) is 0 Å². The smallest absolute Gasteiger partial charge is 0.330 e. The van der Waals surface area contributed by atoms with Gasteiger partial charge in [0.1, 0.15) is 0 Å². The molecule has 1 heterocycles. The molecule has 1 aromatic heterocycles. The molecule has 0 amide bonds. The highest BCUT2D eigenvalue weighted by Gasteiger charge is 2.25. The minimum Gasteiger partial charge on any atom is -0.467 e. The zero-order valence-corrected chi connectivity index (χ0v) is 18.3. The molecular weight excluding hydrogens is 388 g/mol. The van der Waals surface area contributed by atoms with Crippen molar-refractivity contribution in [2.75, 3.05) is 7.11 Å². The SMILES string of the molecule is CCCCCCCC(C(=O)OC)n1nc(-c2ccccc2)c(-c2ccccc2)cc1=O. The van der Waals surface area contributed by atoms with Gasteiger partial charge in [0.15, 0.2) is 6.04 Å². The maximum absolute atomic E-state index is 13.1. The first-order chi connectivity index (χ1) is 15.2. The Morgan fingerprint density at radius 1 is 0.935 bits per heavy atom. The Hall–Kier alpha value is -3.21. The summed E-state index contributed by atoms with van der Waals surface area (Å²) in [6, 6.07) is 20.3. The zero-order chi connectivity index (χ0) is 22.1. The Labute approximate surface area is 183 Å². The molecule has 0 bridgehead atoms. The number of carbonyl (C=O) groups excluding carboxylic acids is 1. The van der Waals surface area contributed by atoms with Crippen LogP contribution in [0.1, 0.15) is 51.5 Å². The second-order valence-corrected chi connectivity index (χ2v) is 7.66. The predicted molar refractivity (Wildman–Crippen MR) is 124 cm³/mol. The molecule has 0 saturated heterocycles. The van der Waals surface area contributed by atoms with Crippen LogP contribution in [0.2, 0.25) is 0 Å². The summed E-state index contributed by atoms with van der Waals surface area (Å²) >= 11 is 0. The number of unbranched alkanes of at least 4 members (excludes halogenated alkanes) is 4. The number of rotatable bonds is 10. The number of carbonyl (C=O) groups is 1. The number of hydrogen-bond acceptors (Lipinski definition) is 4. The third-order valence-corrected chi connectivity index (χ3v) is 5.44. The Morgan fingerprint density at radius 3 is 2.16 bits per heavy atom. The maximum Gasteiger partial charge on any atom is 0.330 e. The van der Waals surface area contributed by atoms with E-state index in [-0.39, 0.29) is 5.56 Å². The van der Waals surface area contributed by atoms with Crippen molar-refractivity contribution in [3.05, 3.63) is 77.1 Å². The number of esters is 1. The van der Waals surface area contributed by atoms with E-state index < -0.39 is 12.0 Å². The molecule has 2 aromatic carbocycles. The predicted octanol–water partition coefficient (Wildman–Crippen LogP) is 5.65. The summed E-state index contributed by atoms with van der Waals surface area (Å²) < 4.78 is 6.33. The molecule has 0 aliphatic rings. The fraction of sp³-hybridized carbons (Fsp3) is 0.346. The second-order valence-electron chi connectivity index (χ2n) is 7.66. The van der Waals surface area contributed by atoms with E-state index in [0.29, 0.717) is 12.1 Å². The number of ether oxygens (including phenoxy) is 1. The van der Waals surface area contributed by atoms with E-state index >= 15 is 0 Å². The highest BCUT2D eigenvalue weighted by molar-refractivity contribution is 5.80. The normalized spacial score (nSPS) is 11.8. The van der Waals surface area contributed by atoms with Crippen molar-refractivity contribution in [2.45, 2.75) is 51.5 Å². The number of nitrogens with zero attached hydrogens (tertiary/aromatic N) is 2. The summed E-state index contributed by atoms with van der Waals surface area (Å²) in [5.41, 5.74) is 2.92. The summed E-state index contributed by atoms with van der Waals surface area (Å²) in [4.78, 5) is 25.7. The lowest BCUT2D eigenvalue weighted by Crippen LogP contribution is -2.33. The van der Waals surface area contributed by atoms with Crippen molar-refractivity contribution in [2.24, 2.45) is 0 Å². The zero-order valence-electron chi connectivity index (χ0n) is 18.3. The third-order valence-electron chi connectivity index (χ3n) is 5.44. The topological polar surface area (TPSA) is 61.2 Å². The van der Waals surface area contributed by atoms with Crippen LogP contribution in [-0.4, -0.2) is 22.9 Å². The van der Waals surface area contributed by atoms with Gasteiger partial charge in [-0.15, -0.1) is 0 Å². The molecule has 5 heteroatoms. The lowest BCUT2D eigenvalue weighted by atomic mass is 10.00. The van der Waals surface area contributed by atoms with Gasteiger partial charge in [-0.25, -0.2) is 9.48 Å². The van der Waals surface area contributed by atoms with Gasteiger partial charge in [-0.3, -0.25) is 4.79 Å². The Morgan fingerprint density at radius 2 is 1.55 bits per heavy atom. The molecule has 31 heavy (non-hydrogen) atoms. The Kier molecular flexibility index (Phi) is 8.16. The monoisotopic (exact) mass is 418 g/mol. The molecule has 0 fully saturated rings. The van der Waals surface area contributed by atoms with E-state index in [4.69, 9.17) is 9.84 Å². The van der Waals surface area contributed by atoms with Gasteiger partial charge >= 0.3 is 5.97 Å². The molecule has 3 rings (SSSR count). The van der Waals surface area contributed by atoms with Gasteiger partial charge in [0.25, 0.3) is 5.56 Å². The number of benzene rings is 2. The fourth-order valence-electron chi connectivity index (χ4n) is 3.76. The van der Waals surface area contributed by atoms with Crippen LogP contribution in [0.15, 0.2) is 71.5 Å². The van der Waals surface area contributed by atoms with Crippen LogP contribution >= 0.6 is 0 Å². The van der Waals surface area contributed by atoms with E-state index in [1.54, 1.807) is 6.07 Å². The summed E-state index contributed by atoms with van der Waals surface area (Å²) in [7, 11) is 1.36. The quantitative estimate of drug-likeness (QED) is 0.315. The number of aromatic nitrogens is 2. The summed E-state index contributed by atoms with van der Waals surface area (Å²) in [6.45, 7) is 2.17. The third kappa shape index (κ3) is 5.69. The first-order valence-corrected chi connectivity index (χ1v) is 11.0. The lowest BCUT2D eigenvalue weighted by Gasteiger charge is -2.19. The molecule has 1 unspecified atom stereocenters. The average molecular weight is 419 g/mol. The van der Waals surface area contributed by atoms with Crippen molar-refractivity contribution in [1.82, 2.24) is 9.78 Å². The van der Waals surface area contributed by atoms with Crippen molar-refractivity contribution in [1.29, 1.82) is 0 Å². The highest BCUT2D eigenvalue weighted by Crippen LogP contribution is 2.30. The largest absolute Gasteiger partial charge is 0.467 e. The fourth-order valence-corrected chi connectivity index (χ4v) is 3.76. The van der Waals surface area contributed by atoms with E-state index in [1.165, 1.54) is 18.2 Å². The minimum atomic E-state index is -0.730. The summed E-state index contributed by atoms with van der Waals surface area (Å²) in [5.74, 6) is -0.434. The minimum absolute atomic E-state index is 0.303. The number of hydrogen-bond donors (Lipinski definition) is 0. The van der Waals surface area contributed by atoms with Crippen molar-refractivity contribution in [3.63, 3.8) is 0 Å². The molecule has 162 valence electrons. The molecule has 0 saturated carbocycles. The molecule has 0 aliphatic heterocycles. The van der Waals surface area contributed by atoms with Crippen molar-refractivity contribution < 1.29 is 9.53 Å². The van der Waals surface area contributed by atoms with E-state index in [1.807, 2.05) is 60.7 Å². The van der Waals surface area contributed by atoms with Gasteiger partial charge in [0.2, 0.25) is 0 Å². The lowest BCUT2D eigenvalue weighted by molar-refractivity contribution is -0.145.